The minimum Gasteiger partial charge on any atom is -0.323 e. The molecule has 1 saturated heterocycles. The van der Waals surface area contributed by atoms with E-state index in [0.29, 0.717) is 11.7 Å². The van der Waals surface area contributed by atoms with Gasteiger partial charge >= 0.3 is 6.09 Å². The Morgan fingerprint density at radius 3 is 2.83 bits per heavy atom. The second-order valence-electron chi connectivity index (χ2n) is 4.10. The summed E-state index contributed by atoms with van der Waals surface area (Å²) in [5, 5.41) is 6.39. The Hall–Kier alpha value is -1.50. The van der Waals surface area contributed by atoms with Crippen LogP contribution in [0.25, 0.3) is 0 Å². The van der Waals surface area contributed by atoms with Gasteiger partial charge in [-0.2, -0.15) is 0 Å². The van der Waals surface area contributed by atoms with Gasteiger partial charge in [-0.25, -0.2) is 4.79 Å². The predicted octanol–water partition coefficient (Wildman–Crippen LogP) is 1.54. The van der Waals surface area contributed by atoms with Crippen molar-refractivity contribution in [2.24, 2.45) is 5.16 Å². The number of amides is 2. The lowest BCUT2D eigenvalue weighted by Gasteiger charge is -2.15. The van der Waals surface area contributed by atoms with Crippen LogP contribution in [0, 0.1) is 0 Å². The fourth-order valence-electron chi connectivity index (χ4n) is 1.30. The number of amidine groups is 1. The van der Waals surface area contributed by atoms with Crippen molar-refractivity contribution < 1.29 is 14.4 Å². The standard InChI is InChI=1S/C11H17N3O3S/c1-5-6-7-14-8(15)11(2,3)18-9(14)13-17-10(16)12-4/h5-6H,7H2,1-4H3,(H,12,16). The number of carbonyl (C=O) groups excluding carboxylic acids is 2. The van der Waals surface area contributed by atoms with E-state index in [2.05, 4.69) is 15.3 Å². The molecule has 0 aromatic rings. The van der Waals surface area contributed by atoms with Gasteiger partial charge in [0, 0.05) is 13.6 Å². The van der Waals surface area contributed by atoms with Crippen LogP contribution in [-0.2, 0) is 9.63 Å². The van der Waals surface area contributed by atoms with Gasteiger partial charge in [0.1, 0.15) is 0 Å². The summed E-state index contributed by atoms with van der Waals surface area (Å²) < 4.78 is -0.591. The average Bonchev–Trinajstić information content (AvgIpc) is 2.55. The Bertz CT molecular complexity index is 404. The molecule has 0 radical (unpaired) electrons. The van der Waals surface area contributed by atoms with Gasteiger partial charge in [0.2, 0.25) is 11.1 Å². The number of nitrogens with one attached hydrogen (secondary N) is 1. The van der Waals surface area contributed by atoms with Crippen molar-refractivity contribution in [2.45, 2.75) is 25.5 Å². The smallest absolute Gasteiger partial charge is 0.323 e. The maximum Gasteiger partial charge on any atom is 0.433 e. The fraction of sp³-hybridized carbons (Fsp3) is 0.545. The van der Waals surface area contributed by atoms with Crippen LogP contribution in [0.1, 0.15) is 20.8 Å². The van der Waals surface area contributed by atoms with Gasteiger partial charge < -0.3 is 5.32 Å². The van der Waals surface area contributed by atoms with Gasteiger partial charge in [0.15, 0.2) is 0 Å². The van der Waals surface area contributed by atoms with E-state index in [9.17, 15) is 9.59 Å². The third kappa shape index (κ3) is 3.25. The van der Waals surface area contributed by atoms with Gasteiger partial charge in [-0.1, -0.05) is 23.9 Å². The maximum atomic E-state index is 12.1. The Morgan fingerprint density at radius 1 is 1.61 bits per heavy atom. The molecule has 1 N–H and O–H groups in total. The number of carbonyl (C=O) groups is 2. The number of hydrogen-bond donors (Lipinski definition) is 1. The van der Waals surface area contributed by atoms with Gasteiger partial charge in [0.05, 0.1) is 4.75 Å². The molecule has 7 heteroatoms. The minimum absolute atomic E-state index is 0.0511. The highest BCUT2D eigenvalue weighted by Gasteiger charge is 2.44. The van der Waals surface area contributed by atoms with Gasteiger partial charge in [0.25, 0.3) is 0 Å². The van der Waals surface area contributed by atoms with Crippen LogP contribution in [0.5, 0.6) is 0 Å². The van der Waals surface area contributed by atoms with Crippen molar-refractivity contribution in [2.75, 3.05) is 13.6 Å². The maximum absolute atomic E-state index is 12.1. The van der Waals surface area contributed by atoms with Crippen molar-refractivity contribution in [3.05, 3.63) is 12.2 Å². The molecular formula is C11H17N3O3S. The Labute approximate surface area is 110 Å². The summed E-state index contributed by atoms with van der Waals surface area (Å²) >= 11 is 1.27. The Morgan fingerprint density at radius 2 is 2.28 bits per heavy atom. The summed E-state index contributed by atoms with van der Waals surface area (Å²) in [5.74, 6) is -0.0511. The largest absolute Gasteiger partial charge is 0.433 e. The van der Waals surface area contributed by atoms with E-state index in [1.165, 1.54) is 23.7 Å². The molecule has 0 saturated carbocycles. The third-order valence-electron chi connectivity index (χ3n) is 2.27. The first-order valence-corrected chi connectivity index (χ1v) is 6.33. The second-order valence-corrected chi connectivity index (χ2v) is 5.69. The van der Waals surface area contributed by atoms with E-state index in [4.69, 9.17) is 0 Å². The molecule has 0 aliphatic carbocycles. The van der Waals surface area contributed by atoms with Crippen LogP contribution >= 0.6 is 11.8 Å². The van der Waals surface area contributed by atoms with Crippen molar-refractivity contribution in [1.29, 1.82) is 0 Å². The number of oxime groups is 1. The normalized spacial score (nSPS) is 20.8. The molecule has 1 aliphatic heterocycles. The lowest BCUT2D eigenvalue weighted by atomic mass is 10.2. The summed E-state index contributed by atoms with van der Waals surface area (Å²) in [4.78, 5) is 29.2. The Balaban J connectivity index is 2.87. The summed E-state index contributed by atoms with van der Waals surface area (Å²) in [7, 11) is 1.44. The van der Waals surface area contributed by atoms with Crippen molar-refractivity contribution in [1.82, 2.24) is 10.2 Å². The molecule has 0 aromatic heterocycles. The molecule has 0 aromatic carbocycles. The topological polar surface area (TPSA) is 71.0 Å². The second kappa shape index (κ2) is 5.90. The summed E-state index contributed by atoms with van der Waals surface area (Å²) in [5.41, 5.74) is 0. The molecule has 18 heavy (non-hydrogen) atoms. The highest BCUT2D eigenvalue weighted by atomic mass is 32.2. The van der Waals surface area contributed by atoms with E-state index < -0.39 is 10.8 Å². The van der Waals surface area contributed by atoms with Crippen molar-refractivity contribution in [3.8, 4) is 0 Å². The summed E-state index contributed by atoms with van der Waals surface area (Å²) in [6.45, 7) is 5.91. The van der Waals surface area contributed by atoms with Crippen LogP contribution in [0.4, 0.5) is 4.79 Å². The number of hydrogen-bond acceptors (Lipinski definition) is 5. The molecule has 1 fully saturated rings. The molecule has 6 nitrogen and oxygen atoms in total. The minimum atomic E-state index is -0.661. The predicted molar refractivity (Wildman–Crippen MR) is 71.2 cm³/mol. The van der Waals surface area contributed by atoms with E-state index in [0.717, 1.165) is 0 Å². The first-order chi connectivity index (χ1) is 8.42. The lowest BCUT2D eigenvalue weighted by Crippen LogP contribution is -2.36. The number of nitrogens with zero attached hydrogens (tertiary/aromatic N) is 2. The van der Waals surface area contributed by atoms with Gasteiger partial charge in [-0.3, -0.25) is 14.5 Å². The summed E-state index contributed by atoms with van der Waals surface area (Å²) in [6.07, 6.45) is 3.03. The summed E-state index contributed by atoms with van der Waals surface area (Å²) in [6, 6.07) is 0. The highest BCUT2D eigenvalue weighted by molar-refractivity contribution is 8.16. The zero-order valence-electron chi connectivity index (χ0n) is 10.9. The van der Waals surface area contributed by atoms with Crippen LogP contribution in [-0.4, -0.2) is 40.4 Å². The van der Waals surface area contributed by atoms with Gasteiger partial charge in [-0.15, -0.1) is 0 Å². The molecule has 1 rings (SSSR count). The third-order valence-corrected chi connectivity index (χ3v) is 3.43. The first-order valence-electron chi connectivity index (χ1n) is 5.51. The van der Waals surface area contributed by atoms with Crippen LogP contribution in [0.2, 0.25) is 0 Å². The van der Waals surface area contributed by atoms with Crippen LogP contribution in [0.15, 0.2) is 17.3 Å². The number of thioether (sulfide) groups is 1. The zero-order chi connectivity index (χ0) is 13.8. The SMILES string of the molecule is CC=CCN1C(=O)C(C)(C)SC1=NOC(=O)NC. The van der Waals surface area contributed by atoms with Crippen molar-refractivity contribution >= 4 is 28.9 Å². The molecule has 0 unspecified atom stereocenters. The van der Waals surface area contributed by atoms with Crippen molar-refractivity contribution in [3.63, 3.8) is 0 Å². The molecule has 2 amide bonds. The van der Waals surface area contributed by atoms with E-state index in [-0.39, 0.29) is 5.91 Å². The highest BCUT2D eigenvalue weighted by Crippen LogP contribution is 2.36. The molecule has 1 aliphatic rings. The van der Waals surface area contributed by atoms with Crippen LogP contribution in [0.3, 0.4) is 0 Å². The Kier molecular flexibility index (Phi) is 4.77. The van der Waals surface area contributed by atoms with E-state index >= 15 is 0 Å². The lowest BCUT2D eigenvalue weighted by molar-refractivity contribution is -0.128. The fourth-order valence-corrected chi connectivity index (χ4v) is 2.30. The van der Waals surface area contributed by atoms with Crippen LogP contribution < -0.4 is 5.32 Å². The van der Waals surface area contributed by atoms with E-state index in [1.807, 2.05) is 32.9 Å². The molecule has 100 valence electrons. The quantitative estimate of drug-likeness (QED) is 0.480. The molecule has 0 spiro atoms. The zero-order valence-corrected chi connectivity index (χ0v) is 11.7. The van der Waals surface area contributed by atoms with Gasteiger partial charge in [-0.05, 0) is 25.9 Å². The first kappa shape index (κ1) is 14.6. The average molecular weight is 271 g/mol. The molecule has 1 heterocycles. The molecular weight excluding hydrogens is 254 g/mol. The number of allylic oxidation sites excluding steroid dienone is 1. The molecule has 0 atom stereocenters. The van der Waals surface area contributed by atoms with E-state index in [1.54, 1.807) is 0 Å². The number of rotatable bonds is 3. The molecule has 0 bridgehead atoms. The monoisotopic (exact) mass is 271 g/mol.